The van der Waals surface area contributed by atoms with Crippen molar-refractivity contribution in [3.8, 4) is 0 Å². The van der Waals surface area contributed by atoms with Gasteiger partial charge in [0.2, 0.25) is 0 Å². The van der Waals surface area contributed by atoms with Crippen molar-refractivity contribution in [2.75, 3.05) is 32.1 Å². The van der Waals surface area contributed by atoms with Crippen molar-refractivity contribution in [2.45, 2.75) is 51.2 Å². The Balaban J connectivity index is 1.71. The number of aryl methyl sites for hydroxylation is 2. The van der Waals surface area contributed by atoms with Gasteiger partial charge in [0.1, 0.15) is 5.82 Å². The van der Waals surface area contributed by atoms with Crippen LogP contribution in [-0.4, -0.2) is 53.9 Å². The van der Waals surface area contributed by atoms with E-state index < -0.39 is 0 Å². The molecule has 1 aromatic rings. The summed E-state index contributed by atoms with van der Waals surface area (Å²) in [6.07, 6.45) is 5.16. The normalized spacial score (nSPS) is 20.5. The van der Waals surface area contributed by atoms with E-state index in [0.29, 0.717) is 0 Å². The van der Waals surface area contributed by atoms with Gasteiger partial charge in [0.15, 0.2) is 0 Å². The number of nitrogens with zero attached hydrogens (tertiary/aromatic N) is 4. The number of piperidine rings is 1. The van der Waals surface area contributed by atoms with Crippen LogP contribution in [-0.2, 0) is 13.6 Å². The molecule has 1 aliphatic heterocycles. The van der Waals surface area contributed by atoms with Crippen LogP contribution in [0.4, 0.5) is 5.82 Å². The average Bonchev–Trinajstić information content (AvgIpc) is 3.22. The van der Waals surface area contributed by atoms with Crippen LogP contribution in [0.3, 0.4) is 0 Å². The monoisotopic (exact) mass is 291 g/mol. The predicted molar refractivity (Wildman–Crippen MR) is 86.7 cm³/mol. The fraction of sp³-hybridized carbons (Fsp3) is 0.812. The van der Waals surface area contributed by atoms with E-state index in [4.69, 9.17) is 0 Å². The first-order valence-corrected chi connectivity index (χ1v) is 8.23. The zero-order valence-electron chi connectivity index (χ0n) is 13.9. The van der Waals surface area contributed by atoms with Crippen LogP contribution < -0.4 is 10.2 Å². The van der Waals surface area contributed by atoms with Crippen molar-refractivity contribution in [1.82, 2.24) is 20.0 Å². The Kier molecular flexibility index (Phi) is 4.22. The molecule has 2 heterocycles. The number of aromatic nitrogens is 2. The highest BCUT2D eigenvalue weighted by atomic mass is 15.4. The molecule has 5 nitrogen and oxygen atoms in total. The summed E-state index contributed by atoms with van der Waals surface area (Å²) in [7, 11) is 6.47. The van der Waals surface area contributed by atoms with Gasteiger partial charge in [0.25, 0.3) is 0 Å². The van der Waals surface area contributed by atoms with Gasteiger partial charge in [-0.2, -0.15) is 5.10 Å². The van der Waals surface area contributed by atoms with E-state index >= 15 is 0 Å². The summed E-state index contributed by atoms with van der Waals surface area (Å²) < 4.78 is 2.08. The number of rotatable bonds is 5. The molecule has 0 radical (unpaired) electrons. The molecular weight excluding hydrogens is 262 g/mol. The Bertz CT molecular complexity index is 481. The van der Waals surface area contributed by atoms with Crippen molar-refractivity contribution in [1.29, 1.82) is 0 Å². The molecule has 2 fully saturated rings. The minimum atomic E-state index is 0.726. The maximum absolute atomic E-state index is 4.66. The molecule has 0 aromatic carbocycles. The summed E-state index contributed by atoms with van der Waals surface area (Å²) >= 11 is 0. The van der Waals surface area contributed by atoms with Crippen LogP contribution in [0.5, 0.6) is 0 Å². The minimum absolute atomic E-state index is 0.726. The van der Waals surface area contributed by atoms with Crippen LogP contribution in [0, 0.1) is 6.92 Å². The van der Waals surface area contributed by atoms with Crippen LogP contribution in [0.2, 0.25) is 0 Å². The number of anilines is 1. The van der Waals surface area contributed by atoms with Crippen molar-refractivity contribution >= 4 is 5.82 Å². The largest absolute Gasteiger partial charge is 0.356 e. The average molecular weight is 291 g/mol. The third-order valence-electron chi connectivity index (χ3n) is 4.95. The third-order valence-corrected chi connectivity index (χ3v) is 4.95. The molecule has 118 valence electrons. The van der Waals surface area contributed by atoms with Gasteiger partial charge >= 0.3 is 0 Å². The Labute approximate surface area is 128 Å². The molecular formula is C16H29N5. The Morgan fingerprint density at radius 1 is 1.19 bits per heavy atom. The van der Waals surface area contributed by atoms with E-state index in [9.17, 15) is 0 Å². The second-order valence-corrected chi connectivity index (χ2v) is 6.85. The molecule has 3 rings (SSSR count). The summed E-state index contributed by atoms with van der Waals surface area (Å²) in [4.78, 5) is 4.89. The molecule has 21 heavy (non-hydrogen) atoms. The van der Waals surface area contributed by atoms with Gasteiger partial charge in [-0.1, -0.05) is 0 Å². The Morgan fingerprint density at radius 2 is 1.86 bits per heavy atom. The van der Waals surface area contributed by atoms with Crippen LogP contribution >= 0.6 is 0 Å². The molecule has 1 aliphatic carbocycles. The fourth-order valence-electron chi connectivity index (χ4n) is 3.42. The molecule has 1 aromatic heterocycles. The lowest BCUT2D eigenvalue weighted by atomic mass is 10.0. The highest BCUT2D eigenvalue weighted by Crippen LogP contribution is 2.28. The molecule has 1 saturated carbocycles. The van der Waals surface area contributed by atoms with Crippen molar-refractivity contribution in [3.05, 3.63) is 11.3 Å². The van der Waals surface area contributed by atoms with Gasteiger partial charge in [-0.05, 0) is 46.7 Å². The van der Waals surface area contributed by atoms with E-state index in [0.717, 1.165) is 31.7 Å². The van der Waals surface area contributed by atoms with E-state index in [1.807, 2.05) is 0 Å². The second-order valence-electron chi connectivity index (χ2n) is 6.85. The molecule has 1 saturated heterocycles. The molecule has 2 aliphatic rings. The molecule has 0 bridgehead atoms. The number of hydrogen-bond donors (Lipinski definition) is 1. The lowest BCUT2D eigenvalue weighted by Crippen LogP contribution is -2.43. The van der Waals surface area contributed by atoms with Gasteiger partial charge in [0.05, 0.1) is 5.69 Å². The third kappa shape index (κ3) is 3.24. The van der Waals surface area contributed by atoms with Gasteiger partial charge in [-0.15, -0.1) is 0 Å². The van der Waals surface area contributed by atoms with Crippen LogP contribution in [0.25, 0.3) is 0 Å². The lowest BCUT2D eigenvalue weighted by molar-refractivity contribution is 0.249. The molecule has 0 spiro atoms. The molecule has 0 atom stereocenters. The van der Waals surface area contributed by atoms with Gasteiger partial charge in [-0.25, -0.2) is 0 Å². The summed E-state index contributed by atoms with van der Waals surface area (Å²) in [6, 6.07) is 1.47. The van der Waals surface area contributed by atoms with Crippen LogP contribution in [0.1, 0.15) is 36.9 Å². The summed E-state index contributed by atoms with van der Waals surface area (Å²) in [5.41, 5.74) is 2.57. The highest BCUT2D eigenvalue weighted by molar-refractivity contribution is 5.50. The van der Waals surface area contributed by atoms with Crippen LogP contribution in [0.15, 0.2) is 0 Å². The summed E-state index contributed by atoms with van der Waals surface area (Å²) in [5.74, 6) is 1.33. The minimum Gasteiger partial charge on any atom is -0.356 e. The van der Waals surface area contributed by atoms with Crippen molar-refractivity contribution < 1.29 is 0 Å². The maximum Gasteiger partial charge on any atom is 0.131 e. The lowest BCUT2D eigenvalue weighted by Gasteiger charge is -2.36. The summed E-state index contributed by atoms with van der Waals surface area (Å²) in [6.45, 7) is 5.38. The number of nitrogens with one attached hydrogen (secondary N) is 1. The zero-order chi connectivity index (χ0) is 15.0. The number of hydrogen-bond acceptors (Lipinski definition) is 4. The highest BCUT2D eigenvalue weighted by Gasteiger charge is 2.27. The van der Waals surface area contributed by atoms with E-state index in [-0.39, 0.29) is 0 Å². The second kappa shape index (κ2) is 5.97. The maximum atomic E-state index is 4.66. The zero-order valence-corrected chi connectivity index (χ0v) is 13.9. The molecule has 1 N–H and O–H groups in total. The fourth-order valence-corrected chi connectivity index (χ4v) is 3.42. The standard InChI is InChI=1S/C16H29N5/c1-12-15(11-17-13-5-6-13)16(20(4)18-12)21-9-7-14(8-10-21)19(2)3/h13-14,17H,5-11H2,1-4H3. The van der Waals surface area contributed by atoms with Crippen molar-refractivity contribution in [2.24, 2.45) is 7.05 Å². The molecule has 0 unspecified atom stereocenters. The molecule has 5 heteroatoms. The molecule has 0 amide bonds. The first-order valence-electron chi connectivity index (χ1n) is 8.23. The topological polar surface area (TPSA) is 36.3 Å². The van der Waals surface area contributed by atoms with Gasteiger partial charge in [-0.3, -0.25) is 4.68 Å². The first kappa shape index (κ1) is 14.9. The Hall–Kier alpha value is -1.07. The predicted octanol–water partition coefficient (Wildman–Crippen LogP) is 1.51. The Morgan fingerprint density at radius 3 is 2.43 bits per heavy atom. The summed E-state index contributed by atoms with van der Waals surface area (Å²) in [5, 5.41) is 8.31. The van der Waals surface area contributed by atoms with Gasteiger partial charge < -0.3 is 15.1 Å². The van der Waals surface area contributed by atoms with E-state index in [1.165, 1.54) is 42.8 Å². The SMILES string of the molecule is Cc1nn(C)c(N2CCC(N(C)C)CC2)c1CNC1CC1. The van der Waals surface area contributed by atoms with Crippen molar-refractivity contribution in [3.63, 3.8) is 0 Å². The van der Waals surface area contributed by atoms with E-state index in [1.54, 1.807) is 0 Å². The quantitative estimate of drug-likeness (QED) is 0.892. The van der Waals surface area contributed by atoms with Gasteiger partial charge in [0, 0.05) is 44.3 Å². The van der Waals surface area contributed by atoms with E-state index in [2.05, 4.69) is 53.0 Å². The first-order chi connectivity index (χ1) is 10.1. The smallest absolute Gasteiger partial charge is 0.131 e.